The molecule has 2 heteroatoms. The Balaban J connectivity index is 1.94. The molecule has 0 aliphatic rings. The molecule has 0 bridgehead atoms. The van der Waals surface area contributed by atoms with Gasteiger partial charge in [0.25, 0.3) is 0 Å². The molecule has 0 saturated heterocycles. The third-order valence-electron chi connectivity index (χ3n) is 3.51. The van der Waals surface area contributed by atoms with Crippen LogP contribution in [0.5, 0.6) is 0 Å². The first-order chi connectivity index (χ1) is 9.65. The van der Waals surface area contributed by atoms with E-state index in [1.165, 1.54) is 16.7 Å². The predicted octanol–water partition coefficient (Wildman–Crippen LogP) is 4.40. The average Bonchev–Trinajstić information content (AvgIpc) is 2.46. The van der Waals surface area contributed by atoms with Gasteiger partial charge in [-0.3, -0.25) is 4.79 Å². The first-order valence-corrected chi connectivity index (χ1v) is 7.01. The van der Waals surface area contributed by atoms with Gasteiger partial charge in [-0.05, 0) is 35.4 Å². The van der Waals surface area contributed by atoms with Crippen molar-refractivity contribution >= 4 is 5.97 Å². The van der Waals surface area contributed by atoms with Crippen molar-refractivity contribution in [2.75, 3.05) is 0 Å². The second-order valence-electron chi connectivity index (χ2n) is 5.30. The molecule has 1 atom stereocenters. The molecule has 2 aromatic rings. The second-order valence-corrected chi connectivity index (χ2v) is 5.30. The molecule has 0 heterocycles. The fraction of sp³-hybridized carbons (Fsp3) is 0.278. The molecule has 0 aromatic heterocycles. The smallest absolute Gasteiger partial charge is 0.303 e. The zero-order chi connectivity index (χ0) is 14.4. The highest BCUT2D eigenvalue weighted by Gasteiger charge is 2.07. The Kier molecular flexibility index (Phi) is 4.94. The number of carbonyl (C=O) groups is 1. The van der Waals surface area contributed by atoms with Crippen LogP contribution in [0.4, 0.5) is 0 Å². The maximum Gasteiger partial charge on any atom is 0.303 e. The SMILES string of the molecule is CC(CCc1ccc(-c2ccccc2)cc1)CC(=O)O. The van der Waals surface area contributed by atoms with E-state index in [2.05, 4.69) is 36.4 Å². The number of benzene rings is 2. The predicted molar refractivity (Wildman–Crippen MR) is 81.6 cm³/mol. The van der Waals surface area contributed by atoms with E-state index < -0.39 is 5.97 Å². The highest BCUT2D eigenvalue weighted by atomic mass is 16.4. The van der Waals surface area contributed by atoms with Crippen molar-refractivity contribution in [2.24, 2.45) is 5.92 Å². The molecule has 1 N–H and O–H groups in total. The van der Waals surface area contributed by atoms with E-state index in [1.807, 2.05) is 25.1 Å². The fourth-order valence-electron chi connectivity index (χ4n) is 2.31. The standard InChI is InChI=1S/C18H20O2/c1-14(13-18(19)20)7-8-15-9-11-17(12-10-15)16-5-3-2-4-6-16/h2-6,9-12,14H,7-8,13H2,1H3,(H,19,20). The summed E-state index contributed by atoms with van der Waals surface area (Å²) in [5.74, 6) is -0.488. The van der Waals surface area contributed by atoms with Crippen molar-refractivity contribution in [3.63, 3.8) is 0 Å². The lowest BCUT2D eigenvalue weighted by molar-refractivity contribution is -0.138. The number of rotatable bonds is 6. The molecule has 2 nitrogen and oxygen atoms in total. The Hall–Kier alpha value is -2.09. The maximum absolute atomic E-state index is 10.6. The third-order valence-corrected chi connectivity index (χ3v) is 3.51. The van der Waals surface area contributed by atoms with Gasteiger partial charge in [0.2, 0.25) is 0 Å². The number of hydrogen-bond acceptors (Lipinski definition) is 1. The van der Waals surface area contributed by atoms with Crippen molar-refractivity contribution in [3.05, 3.63) is 60.2 Å². The molecule has 0 spiro atoms. The van der Waals surface area contributed by atoms with E-state index in [0.717, 1.165) is 12.8 Å². The van der Waals surface area contributed by atoms with E-state index in [0.29, 0.717) is 0 Å². The van der Waals surface area contributed by atoms with Gasteiger partial charge in [-0.15, -0.1) is 0 Å². The first kappa shape index (κ1) is 14.3. The molecule has 0 aliphatic heterocycles. The van der Waals surface area contributed by atoms with Crippen LogP contribution in [0.15, 0.2) is 54.6 Å². The Morgan fingerprint density at radius 2 is 1.60 bits per heavy atom. The number of carboxylic acid groups (broad SMARTS) is 1. The first-order valence-electron chi connectivity index (χ1n) is 7.01. The van der Waals surface area contributed by atoms with Crippen molar-refractivity contribution in [2.45, 2.75) is 26.2 Å². The monoisotopic (exact) mass is 268 g/mol. The lowest BCUT2D eigenvalue weighted by atomic mass is 9.97. The minimum Gasteiger partial charge on any atom is -0.481 e. The van der Waals surface area contributed by atoms with E-state index in [9.17, 15) is 4.79 Å². The van der Waals surface area contributed by atoms with Crippen molar-refractivity contribution < 1.29 is 9.90 Å². The van der Waals surface area contributed by atoms with Gasteiger partial charge in [-0.2, -0.15) is 0 Å². The van der Waals surface area contributed by atoms with Crippen LogP contribution in [0.2, 0.25) is 0 Å². The van der Waals surface area contributed by atoms with Crippen LogP contribution in [0.1, 0.15) is 25.3 Å². The maximum atomic E-state index is 10.6. The molecule has 0 amide bonds. The Morgan fingerprint density at radius 3 is 2.20 bits per heavy atom. The molecular weight excluding hydrogens is 248 g/mol. The topological polar surface area (TPSA) is 37.3 Å². The van der Waals surface area contributed by atoms with E-state index >= 15 is 0 Å². The summed E-state index contributed by atoms with van der Waals surface area (Å²) in [5, 5.41) is 8.74. The quantitative estimate of drug-likeness (QED) is 0.843. The Morgan fingerprint density at radius 1 is 1.00 bits per heavy atom. The molecule has 104 valence electrons. The van der Waals surface area contributed by atoms with Crippen molar-refractivity contribution in [1.82, 2.24) is 0 Å². The summed E-state index contributed by atoms with van der Waals surface area (Å²) < 4.78 is 0. The van der Waals surface area contributed by atoms with Crippen LogP contribution in [0.25, 0.3) is 11.1 Å². The van der Waals surface area contributed by atoms with E-state index in [4.69, 9.17) is 5.11 Å². The van der Waals surface area contributed by atoms with Crippen molar-refractivity contribution in [3.8, 4) is 11.1 Å². The highest BCUT2D eigenvalue weighted by molar-refractivity contribution is 5.67. The highest BCUT2D eigenvalue weighted by Crippen LogP contribution is 2.20. The van der Waals surface area contributed by atoms with Crippen LogP contribution in [0, 0.1) is 5.92 Å². The van der Waals surface area contributed by atoms with Gasteiger partial charge in [0.15, 0.2) is 0 Å². The largest absolute Gasteiger partial charge is 0.481 e. The van der Waals surface area contributed by atoms with Gasteiger partial charge in [0.1, 0.15) is 0 Å². The minimum atomic E-state index is -0.711. The van der Waals surface area contributed by atoms with E-state index in [1.54, 1.807) is 0 Å². The second kappa shape index (κ2) is 6.90. The summed E-state index contributed by atoms with van der Waals surface area (Å²) in [6, 6.07) is 18.8. The third kappa shape index (κ3) is 4.23. The number of aliphatic carboxylic acids is 1. The van der Waals surface area contributed by atoms with Gasteiger partial charge in [-0.25, -0.2) is 0 Å². The molecular formula is C18H20O2. The minimum absolute atomic E-state index is 0.223. The summed E-state index contributed by atoms with van der Waals surface area (Å²) in [6.45, 7) is 1.99. The molecule has 1 unspecified atom stereocenters. The van der Waals surface area contributed by atoms with Crippen LogP contribution < -0.4 is 0 Å². The van der Waals surface area contributed by atoms with Gasteiger partial charge >= 0.3 is 5.97 Å². The average molecular weight is 268 g/mol. The normalized spacial score (nSPS) is 12.1. The molecule has 0 fully saturated rings. The molecule has 20 heavy (non-hydrogen) atoms. The summed E-state index contributed by atoms with van der Waals surface area (Å²) in [6.07, 6.45) is 2.10. The summed E-state index contributed by atoms with van der Waals surface area (Å²) in [4.78, 5) is 10.6. The Labute approximate surface area is 120 Å². The summed E-state index contributed by atoms with van der Waals surface area (Å²) >= 11 is 0. The number of carboxylic acids is 1. The summed E-state index contributed by atoms with van der Waals surface area (Å²) in [7, 11) is 0. The van der Waals surface area contributed by atoms with Crippen molar-refractivity contribution in [1.29, 1.82) is 0 Å². The number of aryl methyl sites for hydroxylation is 1. The van der Waals surface area contributed by atoms with Crippen LogP contribution in [-0.2, 0) is 11.2 Å². The molecule has 2 aromatic carbocycles. The molecule has 0 aliphatic carbocycles. The van der Waals surface area contributed by atoms with Gasteiger partial charge in [0, 0.05) is 6.42 Å². The fourth-order valence-corrected chi connectivity index (χ4v) is 2.31. The lowest BCUT2D eigenvalue weighted by Gasteiger charge is -2.09. The number of hydrogen-bond donors (Lipinski definition) is 1. The zero-order valence-corrected chi connectivity index (χ0v) is 11.8. The Bertz CT molecular complexity index is 543. The lowest BCUT2D eigenvalue weighted by Crippen LogP contribution is -2.05. The molecule has 0 saturated carbocycles. The van der Waals surface area contributed by atoms with Gasteiger partial charge in [-0.1, -0.05) is 61.5 Å². The van der Waals surface area contributed by atoms with Crippen LogP contribution in [-0.4, -0.2) is 11.1 Å². The zero-order valence-electron chi connectivity index (χ0n) is 11.8. The van der Waals surface area contributed by atoms with Gasteiger partial charge in [0.05, 0.1) is 0 Å². The molecule has 0 radical (unpaired) electrons. The van der Waals surface area contributed by atoms with Gasteiger partial charge < -0.3 is 5.11 Å². The van der Waals surface area contributed by atoms with E-state index in [-0.39, 0.29) is 12.3 Å². The van der Waals surface area contributed by atoms with Crippen LogP contribution >= 0.6 is 0 Å². The molecule has 2 rings (SSSR count). The van der Waals surface area contributed by atoms with Crippen LogP contribution in [0.3, 0.4) is 0 Å². The summed E-state index contributed by atoms with van der Waals surface area (Å²) in [5.41, 5.74) is 3.70.